The maximum atomic E-state index is 12.3. The predicted molar refractivity (Wildman–Crippen MR) is 94.5 cm³/mol. The third-order valence-electron chi connectivity index (χ3n) is 3.53. The molecule has 3 rings (SSSR count). The molecule has 0 aliphatic carbocycles. The lowest BCUT2D eigenvalue weighted by atomic mass is 10.2. The number of hydrogen-bond donors (Lipinski definition) is 1. The molecule has 0 saturated heterocycles. The number of rotatable bonds is 4. The Kier molecular flexibility index (Phi) is 4.48. The Bertz CT molecular complexity index is 824. The number of aromatic nitrogens is 2. The molecule has 1 aromatic heterocycles. The van der Waals surface area contributed by atoms with Crippen LogP contribution in [0.5, 0.6) is 0 Å². The van der Waals surface area contributed by atoms with Crippen molar-refractivity contribution in [2.45, 2.75) is 11.8 Å². The van der Waals surface area contributed by atoms with Crippen molar-refractivity contribution in [3.8, 4) is 5.69 Å². The second-order valence-electron chi connectivity index (χ2n) is 5.12. The summed E-state index contributed by atoms with van der Waals surface area (Å²) in [7, 11) is 0. The third-order valence-corrected chi connectivity index (χ3v) is 4.26. The van der Waals surface area contributed by atoms with E-state index in [0.717, 1.165) is 22.0 Å². The largest absolute Gasteiger partial charge is 0.322 e. The molecule has 0 radical (unpaired) electrons. The number of aryl methyl sites for hydroxylation is 1. The molecule has 0 unspecified atom stereocenters. The topological polar surface area (TPSA) is 46.9 Å². The molecule has 1 heterocycles. The molecule has 0 atom stereocenters. The lowest BCUT2D eigenvalue weighted by Gasteiger charge is -2.08. The van der Waals surface area contributed by atoms with Gasteiger partial charge >= 0.3 is 0 Å². The minimum Gasteiger partial charge on any atom is -0.322 e. The van der Waals surface area contributed by atoms with Gasteiger partial charge in [-0.2, -0.15) is 5.10 Å². The van der Waals surface area contributed by atoms with Crippen molar-refractivity contribution >= 4 is 23.4 Å². The summed E-state index contributed by atoms with van der Waals surface area (Å²) in [4.78, 5) is 13.5. The van der Waals surface area contributed by atoms with Crippen LogP contribution in [-0.4, -0.2) is 21.9 Å². The highest BCUT2D eigenvalue weighted by atomic mass is 32.2. The van der Waals surface area contributed by atoms with Crippen molar-refractivity contribution in [1.82, 2.24) is 9.78 Å². The number of hydrogen-bond acceptors (Lipinski definition) is 3. The van der Waals surface area contributed by atoms with E-state index in [1.54, 1.807) is 18.0 Å². The quantitative estimate of drug-likeness (QED) is 0.734. The number of carbonyl (C=O) groups is 1. The molecule has 0 fully saturated rings. The molecule has 116 valence electrons. The van der Waals surface area contributed by atoms with Gasteiger partial charge in [-0.15, -0.1) is 11.8 Å². The van der Waals surface area contributed by atoms with Gasteiger partial charge in [0.2, 0.25) is 0 Å². The molecular formula is C18H17N3OS. The Hall–Kier alpha value is -2.53. The fraction of sp³-hybridized carbons (Fsp3) is 0.111. The van der Waals surface area contributed by atoms with E-state index in [0.29, 0.717) is 5.56 Å². The molecule has 1 amide bonds. The lowest BCUT2D eigenvalue weighted by molar-refractivity contribution is 0.102. The maximum absolute atomic E-state index is 12.3. The van der Waals surface area contributed by atoms with Crippen LogP contribution in [0.25, 0.3) is 5.69 Å². The first kappa shape index (κ1) is 15.4. The molecule has 0 bridgehead atoms. The summed E-state index contributed by atoms with van der Waals surface area (Å²) in [5.74, 6) is -0.119. The number of nitrogens with zero attached hydrogens (tertiary/aromatic N) is 2. The number of thioether (sulfide) groups is 1. The van der Waals surface area contributed by atoms with E-state index >= 15 is 0 Å². The Labute approximate surface area is 139 Å². The summed E-state index contributed by atoms with van der Waals surface area (Å²) in [6, 6.07) is 17.2. The van der Waals surface area contributed by atoms with Gasteiger partial charge in [-0.3, -0.25) is 4.79 Å². The van der Waals surface area contributed by atoms with Crippen LogP contribution < -0.4 is 5.32 Å². The highest BCUT2D eigenvalue weighted by Gasteiger charge is 2.07. The molecule has 0 aliphatic heterocycles. The van der Waals surface area contributed by atoms with Crippen LogP contribution in [0.15, 0.2) is 65.7 Å². The van der Waals surface area contributed by atoms with Crippen molar-refractivity contribution in [2.75, 3.05) is 11.6 Å². The van der Waals surface area contributed by atoms with E-state index in [4.69, 9.17) is 0 Å². The van der Waals surface area contributed by atoms with Crippen molar-refractivity contribution < 1.29 is 4.79 Å². The first-order valence-corrected chi connectivity index (χ1v) is 8.46. The minimum absolute atomic E-state index is 0.119. The van der Waals surface area contributed by atoms with E-state index in [9.17, 15) is 4.79 Å². The maximum Gasteiger partial charge on any atom is 0.255 e. The fourth-order valence-corrected chi connectivity index (χ4v) is 2.76. The van der Waals surface area contributed by atoms with Gasteiger partial charge in [0.25, 0.3) is 5.91 Å². The summed E-state index contributed by atoms with van der Waals surface area (Å²) >= 11 is 1.65. The number of nitrogens with one attached hydrogen (secondary N) is 1. The highest BCUT2D eigenvalue weighted by molar-refractivity contribution is 7.98. The highest BCUT2D eigenvalue weighted by Crippen LogP contribution is 2.20. The third kappa shape index (κ3) is 3.46. The number of anilines is 1. The summed E-state index contributed by atoms with van der Waals surface area (Å²) in [5, 5.41) is 7.19. The van der Waals surface area contributed by atoms with E-state index in [1.807, 2.05) is 72.5 Å². The van der Waals surface area contributed by atoms with Crippen LogP contribution >= 0.6 is 11.8 Å². The van der Waals surface area contributed by atoms with Gasteiger partial charge in [0, 0.05) is 28.0 Å². The fourth-order valence-electron chi connectivity index (χ4n) is 2.30. The van der Waals surface area contributed by atoms with Crippen molar-refractivity contribution in [3.63, 3.8) is 0 Å². The number of carbonyl (C=O) groups excluding carboxylic acids is 1. The summed E-state index contributed by atoms with van der Waals surface area (Å²) < 4.78 is 1.84. The minimum atomic E-state index is -0.119. The van der Waals surface area contributed by atoms with Crippen molar-refractivity contribution in [1.29, 1.82) is 0 Å². The standard InChI is InChI=1S/C18H17N3OS/c1-13-10-11-19-21(13)16-8-6-14(7-9-16)18(22)20-15-4-3-5-17(12-15)23-2/h3-12H,1-2H3,(H,20,22). The Morgan fingerprint density at radius 3 is 2.57 bits per heavy atom. The summed E-state index contributed by atoms with van der Waals surface area (Å²) in [6.45, 7) is 1.99. The summed E-state index contributed by atoms with van der Waals surface area (Å²) in [5.41, 5.74) is 3.41. The zero-order valence-corrected chi connectivity index (χ0v) is 13.8. The van der Waals surface area contributed by atoms with Gasteiger partial charge < -0.3 is 5.32 Å². The lowest BCUT2D eigenvalue weighted by Crippen LogP contribution is -2.12. The Morgan fingerprint density at radius 1 is 1.13 bits per heavy atom. The van der Waals surface area contributed by atoms with Crippen molar-refractivity contribution in [2.24, 2.45) is 0 Å². The van der Waals surface area contributed by atoms with Gasteiger partial charge in [-0.25, -0.2) is 4.68 Å². The molecule has 0 spiro atoms. The van der Waals surface area contributed by atoms with Crippen molar-refractivity contribution in [3.05, 3.63) is 72.1 Å². The molecule has 23 heavy (non-hydrogen) atoms. The number of amides is 1. The first-order valence-electron chi connectivity index (χ1n) is 7.24. The zero-order valence-electron chi connectivity index (χ0n) is 13.0. The van der Waals surface area contributed by atoms with Crippen LogP contribution in [0, 0.1) is 6.92 Å². The molecule has 5 heteroatoms. The van der Waals surface area contributed by atoms with Gasteiger partial charge in [-0.1, -0.05) is 6.07 Å². The van der Waals surface area contributed by atoms with E-state index in [1.165, 1.54) is 0 Å². The Morgan fingerprint density at radius 2 is 1.91 bits per heavy atom. The summed E-state index contributed by atoms with van der Waals surface area (Å²) in [6.07, 6.45) is 3.77. The molecule has 2 aromatic carbocycles. The molecule has 3 aromatic rings. The Balaban J connectivity index is 1.76. The van der Waals surface area contributed by atoms with Crippen LogP contribution in [0.4, 0.5) is 5.69 Å². The second kappa shape index (κ2) is 6.71. The molecule has 1 N–H and O–H groups in total. The van der Waals surface area contributed by atoms with Crippen LogP contribution in [0.3, 0.4) is 0 Å². The molecule has 0 aliphatic rings. The molecule has 4 nitrogen and oxygen atoms in total. The average Bonchev–Trinajstić information content (AvgIpc) is 3.01. The molecule has 0 saturated carbocycles. The van der Waals surface area contributed by atoms with Gasteiger partial charge in [0.15, 0.2) is 0 Å². The van der Waals surface area contributed by atoms with Crippen LogP contribution in [0.2, 0.25) is 0 Å². The smallest absolute Gasteiger partial charge is 0.255 e. The average molecular weight is 323 g/mol. The predicted octanol–water partition coefficient (Wildman–Crippen LogP) is 4.15. The zero-order chi connectivity index (χ0) is 16.2. The monoisotopic (exact) mass is 323 g/mol. The van der Waals surface area contributed by atoms with Crippen LogP contribution in [-0.2, 0) is 0 Å². The van der Waals surface area contributed by atoms with E-state index < -0.39 is 0 Å². The van der Waals surface area contributed by atoms with E-state index in [2.05, 4.69) is 10.4 Å². The SMILES string of the molecule is CSc1cccc(NC(=O)c2ccc(-n3nccc3C)cc2)c1. The molecular weight excluding hydrogens is 306 g/mol. The van der Waals surface area contributed by atoms with E-state index in [-0.39, 0.29) is 5.91 Å². The normalized spacial score (nSPS) is 10.5. The van der Waals surface area contributed by atoms with Gasteiger partial charge in [0.05, 0.1) is 5.69 Å². The number of benzene rings is 2. The van der Waals surface area contributed by atoms with Gasteiger partial charge in [0.1, 0.15) is 0 Å². The van der Waals surface area contributed by atoms with Crippen LogP contribution in [0.1, 0.15) is 16.1 Å². The second-order valence-corrected chi connectivity index (χ2v) is 6.00. The van der Waals surface area contributed by atoms with Gasteiger partial charge in [-0.05, 0) is 61.7 Å². The first-order chi connectivity index (χ1) is 11.2.